The van der Waals surface area contributed by atoms with Crippen molar-refractivity contribution >= 4 is 5.82 Å². The molecule has 2 heterocycles. The van der Waals surface area contributed by atoms with Crippen molar-refractivity contribution in [2.45, 2.75) is 20.3 Å². The first-order chi connectivity index (χ1) is 7.29. The number of aryl methyl sites for hydroxylation is 2. The molecule has 15 heavy (non-hydrogen) atoms. The maximum absolute atomic E-state index is 5.32. The highest BCUT2D eigenvalue weighted by Gasteiger charge is 2.13. The fourth-order valence-corrected chi connectivity index (χ4v) is 1.72. The monoisotopic (exact) mass is 207 g/mol. The van der Waals surface area contributed by atoms with E-state index in [0.717, 1.165) is 50.1 Å². The van der Waals surface area contributed by atoms with Crippen LogP contribution in [0.2, 0.25) is 0 Å². The van der Waals surface area contributed by atoms with E-state index in [-0.39, 0.29) is 0 Å². The summed E-state index contributed by atoms with van der Waals surface area (Å²) in [5.41, 5.74) is 1.04. The van der Waals surface area contributed by atoms with Crippen molar-refractivity contribution < 1.29 is 4.74 Å². The molecule has 0 saturated carbocycles. The zero-order valence-electron chi connectivity index (χ0n) is 9.36. The van der Waals surface area contributed by atoms with Crippen LogP contribution in [0.1, 0.15) is 18.4 Å². The van der Waals surface area contributed by atoms with E-state index in [0.29, 0.717) is 0 Å². The molecule has 2 rings (SSSR count). The van der Waals surface area contributed by atoms with Crippen molar-refractivity contribution in [1.82, 2.24) is 9.97 Å². The number of hydrogen-bond acceptors (Lipinski definition) is 4. The van der Waals surface area contributed by atoms with E-state index in [9.17, 15) is 0 Å². The van der Waals surface area contributed by atoms with Gasteiger partial charge in [-0.25, -0.2) is 9.97 Å². The van der Waals surface area contributed by atoms with E-state index in [1.165, 1.54) is 0 Å². The number of morpholine rings is 1. The van der Waals surface area contributed by atoms with Crippen molar-refractivity contribution in [3.8, 4) is 0 Å². The van der Waals surface area contributed by atoms with Gasteiger partial charge in [-0.05, 0) is 6.92 Å². The number of aromatic nitrogens is 2. The molecule has 4 nitrogen and oxygen atoms in total. The third-order valence-electron chi connectivity index (χ3n) is 2.54. The molecule has 82 valence electrons. The number of hydrogen-bond donors (Lipinski definition) is 0. The summed E-state index contributed by atoms with van der Waals surface area (Å²) in [7, 11) is 0. The van der Waals surface area contributed by atoms with E-state index in [4.69, 9.17) is 4.74 Å². The molecule has 1 aliphatic heterocycles. The first-order valence-corrected chi connectivity index (χ1v) is 5.47. The van der Waals surface area contributed by atoms with Crippen LogP contribution in [0.25, 0.3) is 0 Å². The van der Waals surface area contributed by atoms with Crippen LogP contribution in [-0.2, 0) is 11.2 Å². The molecule has 0 aromatic carbocycles. The topological polar surface area (TPSA) is 38.2 Å². The van der Waals surface area contributed by atoms with Gasteiger partial charge >= 0.3 is 0 Å². The minimum atomic E-state index is 0.796. The lowest BCUT2D eigenvalue weighted by Crippen LogP contribution is -2.37. The summed E-state index contributed by atoms with van der Waals surface area (Å²) < 4.78 is 5.32. The van der Waals surface area contributed by atoms with Gasteiger partial charge in [0, 0.05) is 31.3 Å². The van der Waals surface area contributed by atoms with E-state index >= 15 is 0 Å². The van der Waals surface area contributed by atoms with Crippen LogP contribution in [0.15, 0.2) is 6.07 Å². The Morgan fingerprint density at radius 2 is 2.07 bits per heavy atom. The normalized spacial score (nSPS) is 16.8. The average Bonchev–Trinajstić information content (AvgIpc) is 2.29. The fourth-order valence-electron chi connectivity index (χ4n) is 1.72. The van der Waals surface area contributed by atoms with Crippen LogP contribution in [-0.4, -0.2) is 36.3 Å². The number of rotatable bonds is 2. The van der Waals surface area contributed by atoms with Gasteiger partial charge in [0.25, 0.3) is 0 Å². The van der Waals surface area contributed by atoms with Crippen LogP contribution in [0.5, 0.6) is 0 Å². The Labute approximate surface area is 90.3 Å². The van der Waals surface area contributed by atoms with Gasteiger partial charge in [-0.2, -0.15) is 0 Å². The number of anilines is 1. The third kappa shape index (κ3) is 2.45. The van der Waals surface area contributed by atoms with Gasteiger partial charge in [-0.3, -0.25) is 0 Å². The molecule has 0 aliphatic carbocycles. The first-order valence-electron chi connectivity index (χ1n) is 5.47. The fraction of sp³-hybridized carbons (Fsp3) is 0.636. The Bertz CT molecular complexity index is 335. The van der Waals surface area contributed by atoms with Crippen LogP contribution < -0.4 is 4.90 Å². The SMILES string of the molecule is CCc1nc(C)cc(N2CCOCC2)n1. The molecular formula is C11H17N3O. The van der Waals surface area contributed by atoms with Crippen molar-refractivity contribution in [1.29, 1.82) is 0 Å². The van der Waals surface area contributed by atoms with Crippen molar-refractivity contribution in [3.63, 3.8) is 0 Å². The molecule has 1 aromatic heterocycles. The molecule has 0 bridgehead atoms. The van der Waals surface area contributed by atoms with Gasteiger partial charge in [0.1, 0.15) is 11.6 Å². The van der Waals surface area contributed by atoms with Crippen molar-refractivity contribution in [2.75, 3.05) is 31.2 Å². The average molecular weight is 207 g/mol. The summed E-state index contributed by atoms with van der Waals surface area (Å²) >= 11 is 0. The molecule has 0 unspecified atom stereocenters. The van der Waals surface area contributed by atoms with Crippen LogP contribution in [0.3, 0.4) is 0 Å². The van der Waals surface area contributed by atoms with E-state index in [1.807, 2.05) is 13.0 Å². The standard InChI is InChI=1S/C11H17N3O/c1-3-10-12-9(2)8-11(13-10)14-4-6-15-7-5-14/h8H,3-7H2,1-2H3. The predicted octanol–water partition coefficient (Wildman–Crippen LogP) is 1.18. The molecular weight excluding hydrogens is 190 g/mol. The Hall–Kier alpha value is -1.16. The van der Waals surface area contributed by atoms with Gasteiger partial charge in [-0.1, -0.05) is 6.92 Å². The Morgan fingerprint density at radius 1 is 1.33 bits per heavy atom. The quantitative estimate of drug-likeness (QED) is 0.730. The Balaban J connectivity index is 2.22. The summed E-state index contributed by atoms with van der Waals surface area (Å²) in [6.07, 6.45) is 0.888. The molecule has 1 fully saturated rings. The Morgan fingerprint density at radius 3 is 2.73 bits per heavy atom. The zero-order valence-corrected chi connectivity index (χ0v) is 9.36. The van der Waals surface area contributed by atoms with E-state index in [2.05, 4.69) is 21.8 Å². The van der Waals surface area contributed by atoms with Gasteiger partial charge < -0.3 is 9.64 Å². The summed E-state index contributed by atoms with van der Waals surface area (Å²) in [5.74, 6) is 1.97. The molecule has 0 radical (unpaired) electrons. The van der Waals surface area contributed by atoms with Crippen LogP contribution >= 0.6 is 0 Å². The lowest BCUT2D eigenvalue weighted by Gasteiger charge is -2.28. The van der Waals surface area contributed by atoms with E-state index < -0.39 is 0 Å². The molecule has 1 aliphatic rings. The molecule has 1 saturated heterocycles. The third-order valence-corrected chi connectivity index (χ3v) is 2.54. The largest absolute Gasteiger partial charge is 0.378 e. The lowest BCUT2D eigenvalue weighted by molar-refractivity contribution is 0.122. The molecule has 0 atom stereocenters. The highest BCUT2D eigenvalue weighted by Crippen LogP contribution is 2.14. The summed E-state index contributed by atoms with van der Waals surface area (Å²) in [4.78, 5) is 11.2. The number of ether oxygens (including phenoxy) is 1. The molecule has 4 heteroatoms. The lowest BCUT2D eigenvalue weighted by atomic mass is 10.3. The Kier molecular flexibility index (Phi) is 3.16. The zero-order chi connectivity index (χ0) is 10.7. The summed E-state index contributed by atoms with van der Waals surface area (Å²) in [6, 6.07) is 2.05. The van der Waals surface area contributed by atoms with Gasteiger partial charge in [-0.15, -0.1) is 0 Å². The van der Waals surface area contributed by atoms with E-state index in [1.54, 1.807) is 0 Å². The minimum absolute atomic E-state index is 0.796. The van der Waals surface area contributed by atoms with Crippen LogP contribution in [0.4, 0.5) is 5.82 Å². The first kappa shape index (κ1) is 10.4. The molecule has 1 aromatic rings. The molecule has 0 N–H and O–H groups in total. The smallest absolute Gasteiger partial charge is 0.132 e. The maximum Gasteiger partial charge on any atom is 0.132 e. The summed E-state index contributed by atoms with van der Waals surface area (Å²) in [6.45, 7) is 7.55. The van der Waals surface area contributed by atoms with Crippen LogP contribution in [0, 0.1) is 6.92 Å². The van der Waals surface area contributed by atoms with Crippen molar-refractivity contribution in [2.24, 2.45) is 0 Å². The van der Waals surface area contributed by atoms with Gasteiger partial charge in [0.2, 0.25) is 0 Å². The number of nitrogens with zero attached hydrogens (tertiary/aromatic N) is 3. The predicted molar refractivity (Wildman–Crippen MR) is 59.2 cm³/mol. The highest BCUT2D eigenvalue weighted by molar-refractivity contribution is 5.40. The minimum Gasteiger partial charge on any atom is -0.378 e. The second-order valence-corrected chi connectivity index (χ2v) is 3.74. The van der Waals surface area contributed by atoms with Crippen molar-refractivity contribution in [3.05, 3.63) is 17.6 Å². The summed E-state index contributed by atoms with van der Waals surface area (Å²) in [5, 5.41) is 0. The second-order valence-electron chi connectivity index (χ2n) is 3.74. The molecule has 0 spiro atoms. The maximum atomic E-state index is 5.32. The highest BCUT2D eigenvalue weighted by atomic mass is 16.5. The van der Waals surface area contributed by atoms with Gasteiger partial charge in [0.05, 0.1) is 13.2 Å². The molecule has 0 amide bonds. The van der Waals surface area contributed by atoms with Gasteiger partial charge in [0.15, 0.2) is 0 Å². The second kappa shape index (κ2) is 4.57.